The summed E-state index contributed by atoms with van der Waals surface area (Å²) in [6.45, 7) is 3.42. The Morgan fingerprint density at radius 1 is 1.00 bits per heavy atom. The molecule has 2 aromatic rings. The van der Waals surface area contributed by atoms with E-state index in [1.165, 1.54) is 0 Å². The van der Waals surface area contributed by atoms with Crippen molar-refractivity contribution in [2.24, 2.45) is 5.92 Å². The summed E-state index contributed by atoms with van der Waals surface area (Å²) in [5, 5.41) is 2.74. The van der Waals surface area contributed by atoms with Gasteiger partial charge in [0, 0.05) is 19.5 Å². The summed E-state index contributed by atoms with van der Waals surface area (Å²) < 4.78 is 11.6. The molecule has 0 bridgehead atoms. The molecule has 138 valence electrons. The lowest BCUT2D eigenvalue weighted by Gasteiger charge is -2.30. The number of hydrogen-bond acceptors (Lipinski definition) is 4. The average molecular weight is 354 g/mol. The number of carbonyl (C=O) groups excluding carboxylic acids is 1. The van der Waals surface area contributed by atoms with Gasteiger partial charge >= 0.3 is 0 Å². The number of amides is 1. The van der Waals surface area contributed by atoms with E-state index in [9.17, 15) is 4.79 Å². The quantitative estimate of drug-likeness (QED) is 0.829. The number of nitrogens with one attached hydrogen (secondary N) is 1. The molecule has 3 rings (SSSR count). The third kappa shape index (κ3) is 5.23. The molecule has 0 aliphatic carbocycles. The smallest absolute Gasteiger partial charge is 0.222 e. The fourth-order valence-electron chi connectivity index (χ4n) is 3.14. The zero-order valence-electron chi connectivity index (χ0n) is 15.2. The number of likely N-dealkylation sites (tertiary alicyclic amines) is 1. The second kappa shape index (κ2) is 9.25. The predicted octanol–water partition coefficient (Wildman–Crippen LogP) is 3.32. The molecular weight excluding hydrogens is 328 g/mol. The van der Waals surface area contributed by atoms with Gasteiger partial charge in [0.1, 0.15) is 23.9 Å². The first kappa shape index (κ1) is 18.3. The number of rotatable bonds is 7. The summed E-state index contributed by atoms with van der Waals surface area (Å²) in [5.41, 5.74) is 0. The Morgan fingerprint density at radius 2 is 1.62 bits per heavy atom. The highest BCUT2D eigenvalue weighted by Gasteiger charge is 2.23. The van der Waals surface area contributed by atoms with Gasteiger partial charge in [-0.2, -0.15) is 0 Å². The Kier molecular flexibility index (Phi) is 6.50. The van der Waals surface area contributed by atoms with Gasteiger partial charge in [-0.1, -0.05) is 18.2 Å². The van der Waals surface area contributed by atoms with Gasteiger partial charge < -0.3 is 14.8 Å². The molecule has 5 heteroatoms. The topological polar surface area (TPSA) is 50.8 Å². The van der Waals surface area contributed by atoms with Crippen molar-refractivity contribution in [3.05, 3.63) is 54.6 Å². The van der Waals surface area contributed by atoms with E-state index >= 15 is 0 Å². The van der Waals surface area contributed by atoms with Gasteiger partial charge in [0.2, 0.25) is 5.91 Å². The van der Waals surface area contributed by atoms with Crippen molar-refractivity contribution in [3.8, 4) is 17.2 Å². The van der Waals surface area contributed by atoms with Crippen LogP contribution in [0.5, 0.6) is 17.2 Å². The van der Waals surface area contributed by atoms with E-state index in [0.717, 1.165) is 49.7 Å². The highest BCUT2D eigenvalue weighted by Crippen LogP contribution is 2.23. The Morgan fingerprint density at radius 3 is 2.27 bits per heavy atom. The van der Waals surface area contributed by atoms with E-state index in [0.29, 0.717) is 6.61 Å². The maximum absolute atomic E-state index is 11.7. The molecule has 26 heavy (non-hydrogen) atoms. The van der Waals surface area contributed by atoms with Gasteiger partial charge in [0.05, 0.1) is 0 Å². The van der Waals surface area contributed by atoms with Gasteiger partial charge in [0.15, 0.2) is 0 Å². The van der Waals surface area contributed by atoms with Gasteiger partial charge in [0.25, 0.3) is 0 Å². The van der Waals surface area contributed by atoms with Gasteiger partial charge in [-0.05, 0) is 62.3 Å². The minimum absolute atomic E-state index is 0.161. The molecule has 1 heterocycles. The Balaban J connectivity index is 1.38. The van der Waals surface area contributed by atoms with E-state index in [2.05, 4.69) is 10.2 Å². The molecule has 0 unspecified atom stereocenters. The van der Waals surface area contributed by atoms with Crippen LogP contribution in [0.4, 0.5) is 0 Å². The van der Waals surface area contributed by atoms with Crippen molar-refractivity contribution < 1.29 is 14.3 Å². The van der Waals surface area contributed by atoms with Crippen LogP contribution in [0.2, 0.25) is 0 Å². The van der Waals surface area contributed by atoms with Crippen LogP contribution < -0.4 is 14.8 Å². The fraction of sp³-hybridized carbons (Fsp3) is 0.381. The van der Waals surface area contributed by atoms with Crippen LogP contribution in [0.15, 0.2) is 54.6 Å². The molecule has 0 spiro atoms. The molecule has 1 aliphatic rings. The maximum atomic E-state index is 11.7. The maximum Gasteiger partial charge on any atom is 0.222 e. The van der Waals surface area contributed by atoms with Gasteiger partial charge in [-0.25, -0.2) is 0 Å². The van der Waals surface area contributed by atoms with Crippen LogP contribution in [0, 0.1) is 5.92 Å². The second-order valence-corrected chi connectivity index (χ2v) is 6.47. The standard InChI is InChI=1S/C21H26N2O3/c1-22-21(24)17-11-13-23(14-12-17)15-16-25-18-7-9-20(10-8-18)26-19-5-3-2-4-6-19/h2-10,17H,11-16H2,1H3,(H,22,24). The number of carbonyl (C=O) groups is 1. The number of hydrogen-bond donors (Lipinski definition) is 1. The number of benzene rings is 2. The van der Waals surface area contributed by atoms with Crippen LogP contribution in [-0.4, -0.2) is 44.1 Å². The zero-order valence-corrected chi connectivity index (χ0v) is 15.2. The SMILES string of the molecule is CNC(=O)C1CCN(CCOc2ccc(Oc3ccccc3)cc2)CC1. The van der Waals surface area contributed by atoms with Crippen molar-refractivity contribution >= 4 is 5.91 Å². The highest BCUT2D eigenvalue weighted by atomic mass is 16.5. The van der Waals surface area contributed by atoms with Gasteiger partial charge in [-0.15, -0.1) is 0 Å². The molecule has 1 aliphatic heterocycles. The monoisotopic (exact) mass is 354 g/mol. The molecule has 5 nitrogen and oxygen atoms in total. The lowest BCUT2D eigenvalue weighted by atomic mass is 9.96. The minimum Gasteiger partial charge on any atom is -0.492 e. The third-order valence-electron chi connectivity index (χ3n) is 4.68. The molecule has 1 amide bonds. The summed E-state index contributed by atoms with van der Waals surface area (Å²) in [6.07, 6.45) is 1.84. The Bertz CT molecular complexity index is 680. The van der Waals surface area contributed by atoms with Crippen LogP contribution in [0.25, 0.3) is 0 Å². The normalized spacial score (nSPS) is 15.4. The van der Waals surface area contributed by atoms with Crippen molar-refractivity contribution in [1.82, 2.24) is 10.2 Å². The molecule has 0 saturated carbocycles. The third-order valence-corrected chi connectivity index (χ3v) is 4.68. The van der Waals surface area contributed by atoms with E-state index in [1.54, 1.807) is 7.05 Å². The van der Waals surface area contributed by atoms with Gasteiger partial charge in [-0.3, -0.25) is 9.69 Å². The van der Waals surface area contributed by atoms with E-state index in [-0.39, 0.29) is 11.8 Å². The molecular formula is C21H26N2O3. The predicted molar refractivity (Wildman–Crippen MR) is 102 cm³/mol. The Hall–Kier alpha value is -2.53. The van der Waals surface area contributed by atoms with Crippen LogP contribution in [0.3, 0.4) is 0 Å². The van der Waals surface area contributed by atoms with Crippen LogP contribution in [0.1, 0.15) is 12.8 Å². The van der Waals surface area contributed by atoms with E-state index in [4.69, 9.17) is 9.47 Å². The molecule has 0 aromatic heterocycles. The zero-order chi connectivity index (χ0) is 18.2. The van der Waals surface area contributed by atoms with Crippen LogP contribution in [-0.2, 0) is 4.79 Å². The summed E-state index contributed by atoms with van der Waals surface area (Å²) in [5.74, 6) is 2.78. The molecule has 2 aromatic carbocycles. The summed E-state index contributed by atoms with van der Waals surface area (Å²) in [7, 11) is 1.71. The van der Waals surface area contributed by atoms with Crippen molar-refractivity contribution in [2.75, 3.05) is 33.3 Å². The number of para-hydroxylation sites is 1. The van der Waals surface area contributed by atoms with Crippen LogP contribution >= 0.6 is 0 Å². The second-order valence-electron chi connectivity index (χ2n) is 6.47. The van der Waals surface area contributed by atoms with Crippen molar-refractivity contribution in [3.63, 3.8) is 0 Å². The lowest BCUT2D eigenvalue weighted by molar-refractivity contribution is -0.125. The first-order valence-corrected chi connectivity index (χ1v) is 9.14. The molecule has 0 radical (unpaired) electrons. The first-order valence-electron chi connectivity index (χ1n) is 9.14. The molecule has 1 N–H and O–H groups in total. The van der Waals surface area contributed by atoms with E-state index in [1.807, 2.05) is 54.6 Å². The van der Waals surface area contributed by atoms with Crippen molar-refractivity contribution in [2.45, 2.75) is 12.8 Å². The molecule has 1 saturated heterocycles. The fourth-order valence-corrected chi connectivity index (χ4v) is 3.14. The first-order chi connectivity index (χ1) is 12.7. The molecule has 0 atom stereocenters. The summed E-state index contributed by atoms with van der Waals surface area (Å²) >= 11 is 0. The number of nitrogens with zero attached hydrogens (tertiary/aromatic N) is 1. The van der Waals surface area contributed by atoms with E-state index < -0.39 is 0 Å². The number of ether oxygens (including phenoxy) is 2. The highest BCUT2D eigenvalue weighted by molar-refractivity contribution is 5.78. The number of piperidine rings is 1. The summed E-state index contributed by atoms with van der Waals surface area (Å²) in [6, 6.07) is 17.4. The molecule has 1 fully saturated rings. The lowest BCUT2D eigenvalue weighted by Crippen LogP contribution is -2.41. The van der Waals surface area contributed by atoms with Crippen molar-refractivity contribution in [1.29, 1.82) is 0 Å². The minimum atomic E-state index is 0.161. The largest absolute Gasteiger partial charge is 0.492 e. The Labute approximate surface area is 154 Å². The summed E-state index contributed by atoms with van der Waals surface area (Å²) in [4.78, 5) is 14.0. The average Bonchev–Trinajstić information content (AvgIpc) is 2.70.